The van der Waals surface area contributed by atoms with Gasteiger partial charge in [-0.05, 0) is 44.0 Å². The van der Waals surface area contributed by atoms with Crippen LogP contribution in [0.1, 0.15) is 29.9 Å². The van der Waals surface area contributed by atoms with E-state index in [1.165, 1.54) is 25.8 Å². The molecule has 2 aliphatic rings. The molecule has 0 radical (unpaired) electrons. The highest BCUT2D eigenvalue weighted by molar-refractivity contribution is 5.85. The molecule has 0 saturated carbocycles. The van der Waals surface area contributed by atoms with Gasteiger partial charge in [0.05, 0.1) is 0 Å². The Kier molecular flexibility index (Phi) is 3.03. The van der Waals surface area contributed by atoms with Crippen LogP contribution in [0.5, 0.6) is 0 Å². The van der Waals surface area contributed by atoms with Gasteiger partial charge in [-0.1, -0.05) is 24.3 Å². The highest BCUT2D eigenvalue weighted by atomic mass is 35.5. The predicted octanol–water partition coefficient (Wildman–Crippen LogP) is 2.84. The Hall–Kier alpha value is -0.530. The number of fused-ring (bicyclic) bond motifs is 3. The zero-order chi connectivity index (χ0) is 9.54. The van der Waals surface area contributed by atoms with Crippen LogP contribution >= 0.6 is 12.4 Å². The maximum absolute atomic E-state index is 2.54. The van der Waals surface area contributed by atoms with E-state index in [4.69, 9.17) is 0 Å². The van der Waals surface area contributed by atoms with Crippen LogP contribution in [0.15, 0.2) is 24.3 Å². The van der Waals surface area contributed by atoms with E-state index in [0.717, 1.165) is 12.0 Å². The molecule has 1 aliphatic carbocycles. The number of aryl methyl sites for hydroxylation is 1. The van der Waals surface area contributed by atoms with Crippen molar-refractivity contribution < 1.29 is 0 Å². The summed E-state index contributed by atoms with van der Waals surface area (Å²) in [4.78, 5) is 2.54. The molecule has 0 aromatic heterocycles. The summed E-state index contributed by atoms with van der Waals surface area (Å²) in [6.45, 7) is 1.28. The lowest BCUT2D eigenvalue weighted by molar-refractivity contribution is 0.275. The minimum absolute atomic E-state index is 0. The van der Waals surface area contributed by atoms with E-state index in [2.05, 4.69) is 36.2 Å². The lowest BCUT2D eigenvalue weighted by Gasteiger charge is -2.31. The highest BCUT2D eigenvalue weighted by Crippen LogP contribution is 2.40. The minimum atomic E-state index is 0. The first-order valence-electron chi connectivity index (χ1n) is 5.64. The van der Waals surface area contributed by atoms with Crippen LogP contribution in [-0.4, -0.2) is 24.5 Å². The molecule has 1 heterocycles. The average Bonchev–Trinajstić information content (AvgIpc) is 2.61. The molecule has 0 bridgehead atoms. The fourth-order valence-corrected chi connectivity index (χ4v) is 3.22. The molecule has 0 amide bonds. The van der Waals surface area contributed by atoms with E-state index in [1.54, 1.807) is 11.1 Å². The van der Waals surface area contributed by atoms with Gasteiger partial charge in [0.25, 0.3) is 0 Å². The Morgan fingerprint density at radius 2 is 2.00 bits per heavy atom. The van der Waals surface area contributed by atoms with Crippen LogP contribution in [-0.2, 0) is 6.42 Å². The van der Waals surface area contributed by atoms with Gasteiger partial charge in [-0.15, -0.1) is 12.4 Å². The van der Waals surface area contributed by atoms with Crippen LogP contribution < -0.4 is 0 Å². The van der Waals surface area contributed by atoms with Crippen molar-refractivity contribution in [1.29, 1.82) is 0 Å². The molecule has 0 spiro atoms. The van der Waals surface area contributed by atoms with E-state index in [0.29, 0.717) is 0 Å². The lowest BCUT2D eigenvalue weighted by Crippen LogP contribution is -2.31. The van der Waals surface area contributed by atoms with Gasteiger partial charge in [-0.25, -0.2) is 0 Å². The zero-order valence-corrected chi connectivity index (χ0v) is 9.96. The molecule has 82 valence electrons. The third-order valence-corrected chi connectivity index (χ3v) is 3.99. The first-order chi connectivity index (χ1) is 6.86. The molecule has 1 aromatic carbocycles. The van der Waals surface area contributed by atoms with Crippen molar-refractivity contribution in [2.24, 2.45) is 0 Å². The van der Waals surface area contributed by atoms with Gasteiger partial charge in [-0.2, -0.15) is 0 Å². The van der Waals surface area contributed by atoms with Gasteiger partial charge >= 0.3 is 0 Å². The Balaban J connectivity index is 0.000000853. The lowest BCUT2D eigenvalue weighted by atomic mass is 9.80. The van der Waals surface area contributed by atoms with Gasteiger partial charge < -0.3 is 4.90 Å². The van der Waals surface area contributed by atoms with Crippen molar-refractivity contribution in [1.82, 2.24) is 4.90 Å². The molecule has 1 saturated heterocycles. The molecule has 3 rings (SSSR count). The summed E-state index contributed by atoms with van der Waals surface area (Å²) in [7, 11) is 2.28. The van der Waals surface area contributed by atoms with Gasteiger partial charge in [0.1, 0.15) is 0 Å². The molecule has 0 N–H and O–H groups in total. The van der Waals surface area contributed by atoms with E-state index in [-0.39, 0.29) is 12.4 Å². The van der Waals surface area contributed by atoms with Crippen LogP contribution in [0.3, 0.4) is 0 Å². The number of likely N-dealkylation sites (tertiary alicyclic amines) is 1. The number of nitrogens with zero attached hydrogens (tertiary/aromatic N) is 1. The van der Waals surface area contributed by atoms with Crippen molar-refractivity contribution in [3.63, 3.8) is 0 Å². The van der Waals surface area contributed by atoms with Gasteiger partial charge in [-0.3, -0.25) is 0 Å². The van der Waals surface area contributed by atoms with Crippen LogP contribution in [0.2, 0.25) is 0 Å². The van der Waals surface area contributed by atoms with Crippen molar-refractivity contribution in [2.45, 2.75) is 31.2 Å². The van der Waals surface area contributed by atoms with Crippen LogP contribution in [0.4, 0.5) is 0 Å². The quantitative estimate of drug-likeness (QED) is 0.654. The van der Waals surface area contributed by atoms with Crippen LogP contribution in [0, 0.1) is 0 Å². The topological polar surface area (TPSA) is 3.24 Å². The molecule has 15 heavy (non-hydrogen) atoms. The molecule has 1 aliphatic heterocycles. The predicted molar refractivity (Wildman–Crippen MR) is 65.8 cm³/mol. The summed E-state index contributed by atoms with van der Waals surface area (Å²) in [6.07, 6.45) is 4.00. The SMILES string of the molecule is CN1CCC2c3ccccc3CCC21.Cl. The van der Waals surface area contributed by atoms with Gasteiger partial charge in [0.2, 0.25) is 0 Å². The first-order valence-corrected chi connectivity index (χ1v) is 5.64. The second-order valence-corrected chi connectivity index (χ2v) is 4.68. The summed E-state index contributed by atoms with van der Waals surface area (Å²) in [6, 6.07) is 9.84. The summed E-state index contributed by atoms with van der Waals surface area (Å²) < 4.78 is 0. The number of hydrogen-bond donors (Lipinski definition) is 0. The standard InChI is InChI=1S/C13H17N.ClH/c1-14-9-8-12-11-5-3-2-4-10(11)6-7-13(12)14;/h2-5,12-13H,6-9H2,1H3;1H. The molecule has 1 fully saturated rings. The van der Waals surface area contributed by atoms with Gasteiger partial charge in [0, 0.05) is 12.0 Å². The van der Waals surface area contributed by atoms with E-state index in [1.807, 2.05) is 0 Å². The molecule has 1 nitrogen and oxygen atoms in total. The number of halogens is 1. The Labute approximate surface area is 97.9 Å². The second kappa shape index (κ2) is 4.15. The van der Waals surface area contributed by atoms with Crippen molar-refractivity contribution >= 4 is 12.4 Å². The molecule has 2 heteroatoms. The maximum atomic E-state index is 2.54. The van der Waals surface area contributed by atoms with Crippen molar-refractivity contribution in [2.75, 3.05) is 13.6 Å². The summed E-state index contributed by atoms with van der Waals surface area (Å²) in [5.74, 6) is 0.824. The normalized spacial score (nSPS) is 29.1. The van der Waals surface area contributed by atoms with Gasteiger partial charge in [0.15, 0.2) is 0 Å². The third-order valence-electron chi connectivity index (χ3n) is 3.99. The highest BCUT2D eigenvalue weighted by Gasteiger charge is 2.36. The van der Waals surface area contributed by atoms with E-state index in [9.17, 15) is 0 Å². The fourth-order valence-electron chi connectivity index (χ4n) is 3.22. The van der Waals surface area contributed by atoms with Crippen molar-refractivity contribution in [3.05, 3.63) is 35.4 Å². The first kappa shape index (κ1) is 11.0. The molecule has 2 unspecified atom stereocenters. The number of rotatable bonds is 0. The molecular weight excluding hydrogens is 206 g/mol. The minimum Gasteiger partial charge on any atom is -0.303 e. The Morgan fingerprint density at radius 1 is 1.20 bits per heavy atom. The smallest absolute Gasteiger partial charge is 0.0165 e. The van der Waals surface area contributed by atoms with Crippen LogP contribution in [0.25, 0.3) is 0 Å². The van der Waals surface area contributed by atoms with E-state index >= 15 is 0 Å². The molecule has 1 aromatic rings. The number of benzene rings is 1. The number of hydrogen-bond acceptors (Lipinski definition) is 1. The fraction of sp³-hybridized carbons (Fsp3) is 0.538. The van der Waals surface area contributed by atoms with Crippen molar-refractivity contribution in [3.8, 4) is 0 Å². The second-order valence-electron chi connectivity index (χ2n) is 4.68. The number of likely N-dealkylation sites (N-methyl/N-ethyl adjacent to an activating group) is 1. The summed E-state index contributed by atoms with van der Waals surface area (Å²) in [5, 5.41) is 0. The Morgan fingerprint density at radius 3 is 2.87 bits per heavy atom. The largest absolute Gasteiger partial charge is 0.303 e. The van der Waals surface area contributed by atoms with E-state index < -0.39 is 0 Å². The molecule has 2 atom stereocenters. The average molecular weight is 224 g/mol. The maximum Gasteiger partial charge on any atom is 0.0165 e. The monoisotopic (exact) mass is 223 g/mol. The molecular formula is C13H18ClN. The summed E-state index contributed by atoms with van der Waals surface area (Å²) in [5.41, 5.74) is 3.23. The zero-order valence-electron chi connectivity index (χ0n) is 9.15. The Bertz CT molecular complexity index is 350. The third kappa shape index (κ3) is 1.68. The summed E-state index contributed by atoms with van der Waals surface area (Å²) >= 11 is 0.